The maximum atomic E-state index is 13.4. The minimum Gasteiger partial charge on any atom is -0.497 e. The molecule has 31 heavy (non-hydrogen) atoms. The molecule has 1 aliphatic carbocycles. The third kappa shape index (κ3) is 5.81. The predicted octanol–water partition coefficient (Wildman–Crippen LogP) is 3.33. The molecule has 168 valence electrons. The maximum absolute atomic E-state index is 13.4. The van der Waals surface area contributed by atoms with Gasteiger partial charge in [-0.2, -0.15) is 0 Å². The molecule has 0 atom stereocenters. The number of ether oxygens (including phenoxy) is 2. The van der Waals surface area contributed by atoms with Gasteiger partial charge in [-0.1, -0.05) is 13.8 Å². The number of nitrogens with zero attached hydrogens (tertiary/aromatic N) is 3. The minimum atomic E-state index is -0.170. The molecule has 0 spiro atoms. The largest absolute Gasteiger partial charge is 0.497 e. The second-order valence-corrected chi connectivity index (χ2v) is 8.54. The van der Waals surface area contributed by atoms with Crippen LogP contribution < -0.4 is 9.47 Å². The van der Waals surface area contributed by atoms with Gasteiger partial charge in [0, 0.05) is 43.2 Å². The first kappa shape index (κ1) is 22.7. The number of rotatable bonds is 10. The summed E-state index contributed by atoms with van der Waals surface area (Å²) in [6.45, 7) is 5.43. The van der Waals surface area contributed by atoms with Crippen molar-refractivity contribution in [1.29, 1.82) is 0 Å². The minimum absolute atomic E-state index is 0.0370. The van der Waals surface area contributed by atoms with Gasteiger partial charge in [-0.15, -0.1) is 0 Å². The van der Waals surface area contributed by atoms with E-state index in [-0.39, 0.29) is 24.4 Å². The summed E-state index contributed by atoms with van der Waals surface area (Å²) in [4.78, 5) is 30.2. The highest BCUT2D eigenvalue weighted by Crippen LogP contribution is 2.30. The summed E-state index contributed by atoms with van der Waals surface area (Å²) >= 11 is 0. The lowest BCUT2D eigenvalue weighted by Gasteiger charge is -2.29. The van der Waals surface area contributed by atoms with E-state index >= 15 is 0 Å². The number of methoxy groups -OCH3 is 2. The van der Waals surface area contributed by atoms with Crippen LogP contribution in [0.1, 0.15) is 42.7 Å². The zero-order valence-corrected chi connectivity index (χ0v) is 19.1. The van der Waals surface area contributed by atoms with Gasteiger partial charge in [-0.3, -0.25) is 9.59 Å². The molecule has 1 aromatic carbocycles. The highest BCUT2D eigenvalue weighted by atomic mass is 16.5. The molecule has 3 rings (SSSR count). The maximum Gasteiger partial charge on any atom is 0.254 e. The van der Waals surface area contributed by atoms with Gasteiger partial charge < -0.3 is 23.8 Å². The Hall–Kier alpha value is -2.96. The van der Waals surface area contributed by atoms with Crippen LogP contribution >= 0.6 is 0 Å². The molecular weight excluding hydrogens is 394 g/mol. The third-order valence-corrected chi connectivity index (χ3v) is 5.49. The molecule has 2 amide bonds. The molecule has 1 heterocycles. The van der Waals surface area contributed by atoms with Crippen LogP contribution in [0.3, 0.4) is 0 Å². The summed E-state index contributed by atoms with van der Waals surface area (Å²) in [7, 11) is 5.08. The smallest absolute Gasteiger partial charge is 0.254 e. The number of hydrogen-bond acceptors (Lipinski definition) is 4. The van der Waals surface area contributed by atoms with Gasteiger partial charge in [0.15, 0.2) is 0 Å². The Morgan fingerprint density at radius 2 is 1.77 bits per heavy atom. The number of hydrogen-bond donors (Lipinski definition) is 0. The normalized spacial score (nSPS) is 13.2. The van der Waals surface area contributed by atoms with E-state index in [4.69, 9.17) is 9.47 Å². The molecule has 7 nitrogen and oxygen atoms in total. The highest BCUT2D eigenvalue weighted by molar-refractivity contribution is 5.97. The Balaban J connectivity index is 1.80. The zero-order valence-electron chi connectivity index (χ0n) is 19.1. The van der Waals surface area contributed by atoms with Crippen LogP contribution in [0.4, 0.5) is 0 Å². The first-order chi connectivity index (χ1) is 14.8. The molecule has 7 heteroatoms. The van der Waals surface area contributed by atoms with E-state index in [1.807, 2.05) is 34.8 Å². The molecule has 0 bridgehead atoms. The monoisotopic (exact) mass is 427 g/mol. The first-order valence-corrected chi connectivity index (χ1v) is 10.7. The second-order valence-electron chi connectivity index (χ2n) is 8.54. The zero-order chi connectivity index (χ0) is 22.5. The topological polar surface area (TPSA) is 64.0 Å². The van der Waals surface area contributed by atoms with Crippen LogP contribution in [0, 0.1) is 5.92 Å². The highest BCUT2D eigenvalue weighted by Gasteiger charge is 2.35. The van der Waals surface area contributed by atoms with Gasteiger partial charge in [0.05, 0.1) is 20.8 Å². The summed E-state index contributed by atoms with van der Waals surface area (Å²) in [5.41, 5.74) is 1.53. The molecule has 0 radical (unpaired) electrons. The molecule has 0 aliphatic heterocycles. The molecule has 1 saturated carbocycles. The van der Waals surface area contributed by atoms with Gasteiger partial charge >= 0.3 is 0 Å². The summed E-state index contributed by atoms with van der Waals surface area (Å²) in [6.07, 6.45) is 3.81. The Morgan fingerprint density at radius 1 is 1.13 bits per heavy atom. The third-order valence-electron chi connectivity index (χ3n) is 5.49. The fraction of sp³-hybridized carbons (Fsp3) is 0.500. The summed E-state index contributed by atoms with van der Waals surface area (Å²) in [5, 5.41) is 0. The van der Waals surface area contributed by atoms with Crippen molar-refractivity contribution in [3.05, 3.63) is 47.8 Å². The van der Waals surface area contributed by atoms with E-state index in [2.05, 4.69) is 13.8 Å². The van der Waals surface area contributed by atoms with E-state index in [0.29, 0.717) is 36.1 Å². The summed E-state index contributed by atoms with van der Waals surface area (Å²) in [5.74, 6) is 1.23. The molecule has 0 unspecified atom stereocenters. The molecule has 1 fully saturated rings. The molecule has 1 aliphatic rings. The van der Waals surface area contributed by atoms with Crippen molar-refractivity contribution < 1.29 is 19.1 Å². The van der Waals surface area contributed by atoms with E-state index in [1.54, 1.807) is 37.3 Å². The summed E-state index contributed by atoms with van der Waals surface area (Å²) < 4.78 is 12.6. The summed E-state index contributed by atoms with van der Waals surface area (Å²) in [6, 6.07) is 9.22. The number of benzene rings is 1. The second kappa shape index (κ2) is 9.90. The molecule has 0 saturated heterocycles. The van der Waals surface area contributed by atoms with Crippen LogP contribution in [0.25, 0.3) is 0 Å². The lowest BCUT2D eigenvalue weighted by Crippen LogP contribution is -2.45. The predicted molar refractivity (Wildman–Crippen MR) is 119 cm³/mol. The van der Waals surface area contributed by atoms with E-state index < -0.39 is 0 Å². The number of aryl methyl sites for hydroxylation is 1. The van der Waals surface area contributed by atoms with Crippen molar-refractivity contribution in [2.75, 3.05) is 27.3 Å². The van der Waals surface area contributed by atoms with Gasteiger partial charge in [-0.25, -0.2) is 0 Å². The van der Waals surface area contributed by atoms with Gasteiger partial charge in [0.2, 0.25) is 5.91 Å². The van der Waals surface area contributed by atoms with Crippen molar-refractivity contribution in [3.63, 3.8) is 0 Å². The van der Waals surface area contributed by atoms with Gasteiger partial charge in [0.1, 0.15) is 18.0 Å². The van der Waals surface area contributed by atoms with Gasteiger partial charge in [-0.05, 0) is 43.0 Å². The fourth-order valence-electron chi connectivity index (χ4n) is 3.65. The number of carbonyl (C=O) groups is 2. The molecule has 0 N–H and O–H groups in total. The van der Waals surface area contributed by atoms with Crippen LogP contribution in [0.15, 0.2) is 36.5 Å². The molecule has 2 aromatic rings. The average molecular weight is 428 g/mol. The fourth-order valence-corrected chi connectivity index (χ4v) is 3.65. The molecular formula is C24H33N3O4. The van der Waals surface area contributed by atoms with Crippen LogP contribution in [-0.2, 0) is 18.4 Å². The average Bonchev–Trinajstić information content (AvgIpc) is 3.52. The Labute approximate surface area is 184 Å². The van der Waals surface area contributed by atoms with Crippen molar-refractivity contribution in [2.45, 2.75) is 39.3 Å². The number of aromatic nitrogens is 1. The van der Waals surface area contributed by atoms with E-state index in [9.17, 15) is 9.59 Å². The molecule has 1 aromatic heterocycles. The van der Waals surface area contributed by atoms with E-state index in [1.165, 1.54) is 0 Å². The Morgan fingerprint density at radius 3 is 2.26 bits per heavy atom. The van der Waals surface area contributed by atoms with Crippen molar-refractivity contribution in [2.24, 2.45) is 13.0 Å². The quantitative estimate of drug-likeness (QED) is 0.583. The van der Waals surface area contributed by atoms with Gasteiger partial charge in [0.25, 0.3) is 5.91 Å². The van der Waals surface area contributed by atoms with Crippen molar-refractivity contribution >= 4 is 11.8 Å². The number of carbonyl (C=O) groups excluding carboxylic acids is 2. The van der Waals surface area contributed by atoms with E-state index in [0.717, 1.165) is 18.5 Å². The standard InChI is InChI=1S/C24H33N3O4/c1-17(2)14-26(15-20-7-6-10-25(20)3)23(28)16-27(19-8-9-19)24(29)18-11-21(30-4)13-22(12-18)31-5/h6-7,10-13,17,19H,8-9,14-16H2,1-5H3. The number of amides is 2. The van der Waals surface area contributed by atoms with Crippen LogP contribution in [0.5, 0.6) is 11.5 Å². The van der Waals surface area contributed by atoms with Crippen molar-refractivity contribution in [3.8, 4) is 11.5 Å². The van der Waals surface area contributed by atoms with Crippen molar-refractivity contribution in [1.82, 2.24) is 14.4 Å². The van der Waals surface area contributed by atoms with Crippen LogP contribution in [0.2, 0.25) is 0 Å². The van der Waals surface area contributed by atoms with Crippen LogP contribution in [-0.4, -0.2) is 59.5 Å². The SMILES string of the molecule is COc1cc(OC)cc(C(=O)N(CC(=O)N(Cc2cccn2C)CC(C)C)C2CC2)c1. The lowest BCUT2D eigenvalue weighted by atomic mass is 10.1. The first-order valence-electron chi connectivity index (χ1n) is 10.7. The lowest BCUT2D eigenvalue weighted by molar-refractivity contribution is -0.133. The Bertz CT molecular complexity index is 895. The Kier molecular flexibility index (Phi) is 7.25.